The second kappa shape index (κ2) is 5.63. The van der Waals surface area contributed by atoms with Crippen LogP contribution in [0.15, 0.2) is 11.0 Å². The second-order valence-corrected chi connectivity index (χ2v) is 3.16. The van der Waals surface area contributed by atoms with Crippen LogP contribution in [0.5, 0.6) is 11.5 Å². The zero-order valence-corrected chi connectivity index (χ0v) is 9.96. The summed E-state index contributed by atoms with van der Waals surface area (Å²) in [5, 5.41) is 0. The lowest BCUT2D eigenvalue weighted by atomic mass is 10.2. The zero-order chi connectivity index (χ0) is 14.6. The summed E-state index contributed by atoms with van der Waals surface area (Å²) >= 11 is 0. The largest absolute Gasteiger partial charge is 0.573 e. The van der Waals surface area contributed by atoms with E-state index in [1.54, 1.807) is 0 Å². The van der Waals surface area contributed by atoms with Crippen molar-refractivity contribution in [2.24, 2.45) is 0 Å². The van der Waals surface area contributed by atoms with Gasteiger partial charge in [0.15, 0.2) is 5.75 Å². The van der Waals surface area contributed by atoms with Gasteiger partial charge in [-0.1, -0.05) is 0 Å². The molecule has 0 spiro atoms. The summed E-state index contributed by atoms with van der Waals surface area (Å²) in [5.74, 6) is -2.73. The molecular formula is C10H10F3NO5. The number of carbonyl (C=O) groups is 1. The van der Waals surface area contributed by atoms with E-state index in [9.17, 15) is 22.8 Å². The van der Waals surface area contributed by atoms with Crippen molar-refractivity contribution in [1.29, 1.82) is 0 Å². The summed E-state index contributed by atoms with van der Waals surface area (Å²) in [6, 6.07) is 0. The standard InChI is InChI=1S/C10H10F3NO5/c1-3-18-9(16)5-4-14-8(15)7(6(5)17-2)19-10(11,12)13/h4H,3H2,1-2H3,(H,14,15). The first-order valence-electron chi connectivity index (χ1n) is 5.02. The number of H-pyrrole nitrogens is 1. The Morgan fingerprint density at radius 1 is 1.37 bits per heavy atom. The average molecular weight is 281 g/mol. The van der Waals surface area contributed by atoms with Crippen molar-refractivity contribution < 1.29 is 32.2 Å². The average Bonchev–Trinajstić information content (AvgIpc) is 2.30. The van der Waals surface area contributed by atoms with E-state index in [4.69, 9.17) is 0 Å². The fraction of sp³-hybridized carbons (Fsp3) is 0.400. The van der Waals surface area contributed by atoms with Crippen LogP contribution in [0, 0.1) is 0 Å². The molecule has 19 heavy (non-hydrogen) atoms. The molecule has 1 heterocycles. The van der Waals surface area contributed by atoms with Crippen molar-refractivity contribution >= 4 is 5.97 Å². The molecule has 106 valence electrons. The van der Waals surface area contributed by atoms with Crippen LogP contribution in [-0.2, 0) is 4.74 Å². The molecule has 0 aliphatic rings. The lowest BCUT2D eigenvalue weighted by Gasteiger charge is -2.13. The first-order valence-corrected chi connectivity index (χ1v) is 5.02. The third-order valence-electron chi connectivity index (χ3n) is 1.92. The molecule has 0 aliphatic carbocycles. The van der Waals surface area contributed by atoms with Crippen LogP contribution < -0.4 is 15.0 Å². The molecule has 1 aromatic heterocycles. The Kier molecular flexibility index (Phi) is 4.41. The number of esters is 1. The molecule has 0 amide bonds. The normalized spacial score (nSPS) is 11.0. The minimum atomic E-state index is -5.09. The highest BCUT2D eigenvalue weighted by Crippen LogP contribution is 2.31. The number of halogens is 3. The number of aromatic nitrogens is 1. The number of alkyl halides is 3. The lowest BCUT2D eigenvalue weighted by molar-refractivity contribution is -0.275. The Bertz CT molecular complexity index is 523. The van der Waals surface area contributed by atoms with Gasteiger partial charge in [-0.15, -0.1) is 13.2 Å². The molecule has 0 saturated carbocycles. The maximum absolute atomic E-state index is 12.2. The molecule has 0 bridgehead atoms. The number of carbonyl (C=O) groups excluding carboxylic acids is 1. The van der Waals surface area contributed by atoms with Crippen molar-refractivity contribution in [2.75, 3.05) is 13.7 Å². The first kappa shape index (κ1) is 14.9. The number of hydrogen-bond acceptors (Lipinski definition) is 5. The SMILES string of the molecule is CCOC(=O)c1c[nH]c(=O)c(OC(F)(F)F)c1OC. The summed E-state index contributed by atoms with van der Waals surface area (Å²) in [7, 11) is 1.00. The Labute approximate surface area is 105 Å². The molecule has 0 aromatic carbocycles. The third-order valence-corrected chi connectivity index (χ3v) is 1.92. The fourth-order valence-corrected chi connectivity index (χ4v) is 1.27. The minimum Gasteiger partial charge on any atom is -0.492 e. The molecule has 1 aromatic rings. The fourth-order valence-electron chi connectivity index (χ4n) is 1.27. The van der Waals surface area contributed by atoms with Crippen LogP contribution in [-0.4, -0.2) is 31.0 Å². The summed E-state index contributed by atoms with van der Waals surface area (Å²) in [6.07, 6.45) is -4.20. The molecule has 0 atom stereocenters. The van der Waals surface area contributed by atoms with E-state index in [0.717, 1.165) is 13.3 Å². The molecule has 0 aliphatic heterocycles. The minimum absolute atomic E-state index is 0.0105. The highest BCUT2D eigenvalue weighted by atomic mass is 19.4. The third kappa shape index (κ3) is 3.63. The van der Waals surface area contributed by atoms with Gasteiger partial charge in [0.05, 0.1) is 13.7 Å². The Morgan fingerprint density at radius 3 is 2.47 bits per heavy atom. The van der Waals surface area contributed by atoms with Gasteiger partial charge in [-0.2, -0.15) is 0 Å². The highest BCUT2D eigenvalue weighted by Gasteiger charge is 2.35. The van der Waals surface area contributed by atoms with Gasteiger partial charge in [-0.3, -0.25) is 4.79 Å². The number of hydrogen-bond donors (Lipinski definition) is 1. The highest BCUT2D eigenvalue weighted by molar-refractivity contribution is 5.93. The predicted molar refractivity (Wildman–Crippen MR) is 56.3 cm³/mol. The molecule has 9 heteroatoms. The van der Waals surface area contributed by atoms with Crippen LogP contribution in [0.3, 0.4) is 0 Å². The van der Waals surface area contributed by atoms with Crippen LogP contribution in [0.4, 0.5) is 13.2 Å². The van der Waals surface area contributed by atoms with E-state index in [0.29, 0.717) is 0 Å². The number of nitrogens with one attached hydrogen (secondary N) is 1. The maximum atomic E-state index is 12.2. The van der Waals surface area contributed by atoms with Crippen LogP contribution in [0.25, 0.3) is 0 Å². The van der Waals surface area contributed by atoms with Gasteiger partial charge in [-0.05, 0) is 6.92 Å². The van der Waals surface area contributed by atoms with Gasteiger partial charge in [0.1, 0.15) is 5.56 Å². The van der Waals surface area contributed by atoms with E-state index in [-0.39, 0.29) is 12.2 Å². The number of methoxy groups -OCH3 is 1. The second-order valence-electron chi connectivity index (χ2n) is 3.16. The van der Waals surface area contributed by atoms with Gasteiger partial charge < -0.3 is 19.2 Å². The Morgan fingerprint density at radius 2 is 2.00 bits per heavy atom. The number of ether oxygens (including phenoxy) is 3. The van der Waals surface area contributed by atoms with E-state index in [1.165, 1.54) is 6.92 Å². The summed E-state index contributed by atoms with van der Waals surface area (Å²) in [4.78, 5) is 24.7. The van der Waals surface area contributed by atoms with Crippen molar-refractivity contribution in [3.63, 3.8) is 0 Å². The smallest absolute Gasteiger partial charge is 0.492 e. The van der Waals surface area contributed by atoms with Crippen LogP contribution >= 0.6 is 0 Å². The van der Waals surface area contributed by atoms with E-state index < -0.39 is 29.4 Å². The van der Waals surface area contributed by atoms with Crippen molar-refractivity contribution in [1.82, 2.24) is 4.98 Å². The van der Waals surface area contributed by atoms with Gasteiger partial charge in [0.2, 0.25) is 5.75 Å². The van der Waals surface area contributed by atoms with E-state index in [1.807, 2.05) is 4.98 Å². The summed E-state index contributed by atoms with van der Waals surface area (Å²) < 4.78 is 49.3. The van der Waals surface area contributed by atoms with Gasteiger partial charge in [0.25, 0.3) is 5.56 Å². The van der Waals surface area contributed by atoms with E-state index in [2.05, 4.69) is 14.2 Å². The molecule has 6 nitrogen and oxygen atoms in total. The lowest BCUT2D eigenvalue weighted by Crippen LogP contribution is -2.24. The van der Waals surface area contributed by atoms with Crippen molar-refractivity contribution in [3.05, 3.63) is 22.1 Å². The number of rotatable bonds is 4. The molecular weight excluding hydrogens is 271 g/mol. The monoisotopic (exact) mass is 281 g/mol. The molecule has 1 rings (SSSR count). The van der Waals surface area contributed by atoms with Gasteiger partial charge >= 0.3 is 12.3 Å². The topological polar surface area (TPSA) is 77.6 Å². The molecule has 0 unspecified atom stereocenters. The zero-order valence-electron chi connectivity index (χ0n) is 9.96. The van der Waals surface area contributed by atoms with Gasteiger partial charge in [0, 0.05) is 6.20 Å². The molecule has 0 saturated heterocycles. The Hall–Kier alpha value is -2.19. The quantitative estimate of drug-likeness (QED) is 0.845. The summed E-state index contributed by atoms with van der Waals surface area (Å²) in [6.45, 7) is 1.53. The van der Waals surface area contributed by atoms with Gasteiger partial charge in [-0.25, -0.2) is 4.79 Å². The molecule has 0 radical (unpaired) electrons. The number of pyridine rings is 1. The predicted octanol–water partition coefficient (Wildman–Crippen LogP) is 1.46. The first-order chi connectivity index (χ1) is 8.80. The number of aromatic amines is 1. The Balaban J connectivity index is 3.33. The maximum Gasteiger partial charge on any atom is 0.573 e. The van der Waals surface area contributed by atoms with Crippen LogP contribution in [0.1, 0.15) is 17.3 Å². The van der Waals surface area contributed by atoms with Crippen molar-refractivity contribution in [2.45, 2.75) is 13.3 Å². The molecule has 1 N–H and O–H groups in total. The van der Waals surface area contributed by atoms with E-state index >= 15 is 0 Å². The van der Waals surface area contributed by atoms with Crippen LogP contribution in [0.2, 0.25) is 0 Å². The summed E-state index contributed by atoms with van der Waals surface area (Å²) in [5.41, 5.74) is -1.55. The van der Waals surface area contributed by atoms with Crippen molar-refractivity contribution in [3.8, 4) is 11.5 Å². The molecule has 0 fully saturated rings.